The number of hydrogen-bond acceptors (Lipinski definition) is 2. The summed E-state index contributed by atoms with van der Waals surface area (Å²) in [7, 11) is 0. The Bertz CT molecular complexity index is 423. The number of rotatable bonds is 5. The van der Waals surface area contributed by atoms with Crippen LogP contribution in [0.2, 0.25) is 0 Å². The first-order valence-corrected chi connectivity index (χ1v) is 7.20. The first-order valence-electron chi connectivity index (χ1n) is 7.20. The second-order valence-electron chi connectivity index (χ2n) is 6.57. The number of halogens is 1. The number of fused-ring (bicyclic) bond motifs is 1. The predicted molar refractivity (Wildman–Crippen MR) is 79.3 cm³/mol. The molecule has 0 aromatic heterocycles. The minimum absolute atomic E-state index is 0.133. The molecule has 0 unspecified atom stereocenters. The molecule has 0 saturated heterocycles. The van der Waals surface area contributed by atoms with E-state index in [9.17, 15) is 4.39 Å². The van der Waals surface area contributed by atoms with Gasteiger partial charge in [0.05, 0.1) is 0 Å². The monoisotopic (exact) mass is 264 g/mol. The molecule has 2 nitrogen and oxygen atoms in total. The molecule has 1 aliphatic rings. The maximum absolute atomic E-state index is 13.3. The second kappa shape index (κ2) is 5.91. The van der Waals surface area contributed by atoms with Crippen LogP contribution in [0.15, 0.2) is 18.2 Å². The fraction of sp³-hybridized carbons (Fsp3) is 0.625. The summed E-state index contributed by atoms with van der Waals surface area (Å²) in [5.74, 6) is -0.133. The van der Waals surface area contributed by atoms with E-state index in [-0.39, 0.29) is 5.82 Å². The SMILES string of the molecule is CC(C)(C)CCNCCN1CCc2ccc(F)cc21. The molecule has 0 atom stereocenters. The summed E-state index contributed by atoms with van der Waals surface area (Å²) in [5.41, 5.74) is 2.74. The van der Waals surface area contributed by atoms with Crippen LogP contribution in [0.25, 0.3) is 0 Å². The normalized spacial score (nSPS) is 14.8. The third kappa shape index (κ3) is 4.20. The lowest BCUT2D eigenvalue weighted by Crippen LogP contribution is -2.32. The van der Waals surface area contributed by atoms with Gasteiger partial charge >= 0.3 is 0 Å². The van der Waals surface area contributed by atoms with Gasteiger partial charge in [-0.1, -0.05) is 26.8 Å². The number of nitrogens with one attached hydrogen (secondary N) is 1. The van der Waals surface area contributed by atoms with Crippen LogP contribution in [0.4, 0.5) is 10.1 Å². The number of benzene rings is 1. The highest BCUT2D eigenvalue weighted by Crippen LogP contribution is 2.28. The average molecular weight is 264 g/mol. The highest BCUT2D eigenvalue weighted by Gasteiger charge is 2.18. The molecule has 1 aromatic rings. The first kappa shape index (κ1) is 14.3. The summed E-state index contributed by atoms with van der Waals surface area (Å²) in [5, 5.41) is 3.48. The lowest BCUT2D eigenvalue weighted by molar-refractivity contribution is 0.368. The summed E-state index contributed by atoms with van der Waals surface area (Å²) in [6.45, 7) is 10.8. The van der Waals surface area contributed by atoms with Crippen LogP contribution in [0, 0.1) is 11.2 Å². The van der Waals surface area contributed by atoms with Gasteiger partial charge in [0.15, 0.2) is 0 Å². The van der Waals surface area contributed by atoms with Crippen molar-refractivity contribution in [1.29, 1.82) is 0 Å². The van der Waals surface area contributed by atoms with E-state index >= 15 is 0 Å². The number of hydrogen-bond donors (Lipinski definition) is 1. The molecule has 0 spiro atoms. The second-order valence-corrected chi connectivity index (χ2v) is 6.57. The van der Waals surface area contributed by atoms with Crippen molar-refractivity contribution in [2.24, 2.45) is 5.41 Å². The lowest BCUT2D eigenvalue weighted by Gasteiger charge is -2.21. The lowest BCUT2D eigenvalue weighted by atomic mass is 9.92. The van der Waals surface area contributed by atoms with Crippen LogP contribution in [-0.2, 0) is 6.42 Å². The van der Waals surface area contributed by atoms with Gasteiger partial charge in [0.25, 0.3) is 0 Å². The summed E-state index contributed by atoms with van der Waals surface area (Å²) < 4.78 is 13.3. The third-order valence-electron chi connectivity index (χ3n) is 3.65. The topological polar surface area (TPSA) is 15.3 Å². The zero-order chi connectivity index (χ0) is 13.9. The molecular weight excluding hydrogens is 239 g/mol. The Labute approximate surface area is 116 Å². The van der Waals surface area contributed by atoms with E-state index in [0.717, 1.165) is 38.3 Å². The van der Waals surface area contributed by atoms with Crippen molar-refractivity contribution < 1.29 is 4.39 Å². The summed E-state index contributed by atoms with van der Waals surface area (Å²) in [4.78, 5) is 2.28. The van der Waals surface area contributed by atoms with Crippen LogP contribution in [0.1, 0.15) is 32.8 Å². The van der Waals surface area contributed by atoms with E-state index in [0.29, 0.717) is 5.41 Å². The van der Waals surface area contributed by atoms with Gasteiger partial charge in [-0.2, -0.15) is 0 Å². The van der Waals surface area contributed by atoms with E-state index in [1.807, 2.05) is 6.07 Å². The number of anilines is 1. The van der Waals surface area contributed by atoms with E-state index in [1.54, 1.807) is 12.1 Å². The number of nitrogens with zero attached hydrogens (tertiary/aromatic N) is 1. The summed E-state index contributed by atoms with van der Waals surface area (Å²) in [6, 6.07) is 5.14. The zero-order valence-corrected chi connectivity index (χ0v) is 12.3. The van der Waals surface area contributed by atoms with E-state index in [2.05, 4.69) is 31.0 Å². The Hall–Kier alpha value is -1.09. The van der Waals surface area contributed by atoms with Crippen molar-refractivity contribution in [1.82, 2.24) is 5.32 Å². The van der Waals surface area contributed by atoms with Crippen LogP contribution in [0.5, 0.6) is 0 Å². The van der Waals surface area contributed by atoms with Crippen molar-refractivity contribution in [2.45, 2.75) is 33.6 Å². The van der Waals surface area contributed by atoms with Crippen LogP contribution >= 0.6 is 0 Å². The van der Waals surface area contributed by atoms with Gasteiger partial charge in [-0.25, -0.2) is 4.39 Å². The molecule has 106 valence electrons. The largest absolute Gasteiger partial charge is 0.370 e. The van der Waals surface area contributed by atoms with Gasteiger partial charge in [0.2, 0.25) is 0 Å². The molecule has 0 saturated carbocycles. The Kier molecular flexibility index (Phi) is 4.46. The van der Waals surface area contributed by atoms with Crippen molar-refractivity contribution in [3.05, 3.63) is 29.6 Å². The van der Waals surface area contributed by atoms with E-state index in [1.165, 1.54) is 12.0 Å². The van der Waals surface area contributed by atoms with Crippen molar-refractivity contribution in [3.8, 4) is 0 Å². The molecule has 3 heteroatoms. The van der Waals surface area contributed by atoms with E-state index in [4.69, 9.17) is 0 Å². The van der Waals surface area contributed by atoms with Crippen molar-refractivity contribution in [3.63, 3.8) is 0 Å². The molecule has 1 aromatic carbocycles. The van der Waals surface area contributed by atoms with E-state index < -0.39 is 0 Å². The predicted octanol–water partition coefficient (Wildman–Crippen LogP) is 3.21. The fourth-order valence-corrected chi connectivity index (χ4v) is 2.45. The smallest absolute Gasteiger partial charge is 0.125 e. The average Bonchev–Trinajstić information content (AvgIpc) is 2.70. The molecule has 0 radical (unpaired) electrons. The van der Waals surface area contributed by atoms with Gasteiger partial charge in [0, 0.05) is 25.3 Å². The zero-order valence-electron chi connectivity index (χ0n) is 12.3. The fourth-order valence-electron chi connectivity index (χ4n) is 2.45. The van der Waals surface area contributed by atoms with Crippen molar-refractivity contribution >= 4 is 5.69 Å². The molecule has 2 rings (SSSR count). The minimum atomic E-state index is -0.133. The molecule has 0 fully saturated rings. The molecule has 1 aliphatic heterocycles. The van der Waals surface area contributed by atoms with Crippen molar-refractivity contribution in [2.75, 3.05) is 31.1 Å². The minimum Gasteiger partial charge on any atom is -0.370 e. The van der Waals surface area contributed by atoms with Crippen LogP contribution in [-0.4, -0.2) is 26.2 Å². The quantitative estimate of drug-likeness (QED) is 0.822. The van der Waals surface area contributed by atoms with Gasteiger partial charge in [-0.05, 0) is 42.5 Å². The molecule has 0 bridgehead atoms. The maximum Gasteiger partial charge on any atom is 0.125 e. The summed E-state index contributed by atoms with van der Waals surface area (Å²) >= 11 is 0. The molecule has 0 amide bonds. The molecule has 0 aliphatic carbocycles. The third-order valence-corrected chi connectivity index (χ3v) is 3.65. The Morgan fingerprint density at radius 3 is 2.79 bits per heavy atom. The Morgan fingerprint density at radius 2 is 2.05 bits per heavy atom. The van der Waals surface area contributed by atoms with Crippen LogP contribution < -0.4 is 10.2 Å². The van der Waals surface area contributed by atoms with Gasteiger partial charge in [-0.3, -0.25) is 0 Å². The standard InChI is InChI=1S/C16H25FN2/c1-16(2,3)7-8-18-9-11-19-10-6-13-4-5-14(17)12-15(13)19/h4-5,12,18H,6-11H2,1-3H3. The van der Waals surface area contributed by atoms with Crippen LogP contribution in [0.3, 0.4) is 0 Å². The molecule has 19 heavy (non-hydrogen) atoms. The molecule has 1 heterocycles. The van der Waals surface area contributed by atoms with Gasteiger partial charge in [-0.15, -0.1) is 0 Å². The highest BCUT2D eigenvalue weighted by molar-refractivity contribution is 5.58. The first-order chi connectivity index (χ1) is 8.96. The van der Waals surface area contributed by atoms with Gasteiger partial charge < -0.3 is 10.2 Å². The van der Waals surface area contributed by atoms with Gasteiger partial charge in [0.1, 0.15) is 5.82 Å². The Balaban J connectivity index is 1.76. The Morgan fingerprint density at radius 1 is 1.26 bits per heavy atom. The molecule has 1 N–H and O–H groups in total. The molecular formula is C16H25FN2. The maximum atomic E-state index is 13.3. The highest BCUT2D eigenvalue weighted by atomic mass is 19.1. The summed E-state index contributed by atoms with van der Waals surface area (Å²) in [6.07, 6.45) is 2.22.